The molecule has 1 N–H and O–H groups in total. The highest BCUT2D eigenvalue weighted by atomic mass is 16.5. The van der Waals surface area contributed by atoms with Crippen molar-refractivity contribution >= 4 is 0 Å². The predicted molar refractivity (Wildman–Crippen MR) is 57.7 cm³/mol. The Morgan fingerprint density at radius 1 is 1.47 bits per heavy atom. The molecule has 1 unspecified atom stereocenters. The summed E-state index contributed by atoms with van der Waals surface area (Å²) in [7, 11) is 1.60. The Morgan fingerprint density at radius 3 is 2.73 bits per heavy atom. The van der Waals surface area contributed by atoms with Gasteiger partial charge in [0.15, 0.2) is 0 Å². The Balaban J connectivity index is 2.10. The molecule has 0 aromatic carbocycles. The first-order valence-electron chi connectivity index (χ1n) is 5.46. The van der Waals surface area contributed by atoms with E-state index in [1.807, 2.05) is 12.1 Å². The third-order valence-electron chi connectivity index (χ3n) is 2.71. The third-order valence-corrected chi connectivity index (χ3v) is 2.71. The number of methoxy groups -OCH3 is 1. The molecule has 1 heterocycles. The molecular formula is C11H17N3O. The Hall–Kier alpha value is -1.16. The quantitative estimate of drug-likeness (QED) is 0.795. The maximum atomic E-state index is 4.99. The summed E-state index contributed by atoms with van der Waals surface area (Å²) < 4.78 is 4.99. The second-order valence-corrected chi connectivity index (χ2v) is 3.87. The highest BCUT2D eigenvalue weighted by Crippen LogP contribution is 2.40. The van der Waals surface area contributed by atoms with Crippen LogP contribution in [0.2, 0.25) is 0 Å². The van der Waals surface area contributed by atoms with Crippen LogP contribution in [0.1, 0.15) is 31.5 Å². The minimum Gasteiger partial charge on any atom is -0.480 e. The zero-order valence-corrected chi connectivity index (χ0v) is 9.23. The zero-order valence-electron chi connectivity index (χ0n) is 9.23. The lowest BCUT2D eigenvalue weighted by Gasteiger charge is -2.15. The van der Waals surface area contributed by atoms with Gasteiger partial charge in [0.25, 0.3) is 0 Å². The van der Waals surface area contributed by atoms with Crippen LogP contribution in [0.4, 0.5) is 0 Å². The molecule has 1 aromatic rings. The normalized spacial score (nSPS) is 17.5. The lowest BCUT2D eigenvalue weighted by Crippen LogP contribution is -2.23. The molecule has 15 heavy (non-hydrogen) atoms. The van der Waals surface area contributed by atoms with Gasteiger partial charge in [0.05, 0.1) is 18.8 Å². The largest absolute Gasteiger partial charge is 0.480 e. The molecule has 1 aromatic heterocycles. The van der Waals surface area contributed by atoms with Crippen molar-refractivity contribution in [2.45, 2.75) is 25.8 Å². The van der Waals surface area contributed by atoms with Crippen LogP contribution in [0.3, 0.4) is 0 Å². The van der Waals surface area contributed by atoms with Crippen LogP contribution in [-0.4, -0.2) is 23.9 Å². The third kappa shape index (κ3) is 2.45. The van der Waals surface area contributed by atoms with Gasteiger partial charge in [-0.3, -0.25) is 0 Å². The van der Waals surface area contributed by atoms with E-state index < -0.39 is 0 Å². The average Bonchev–Trinajstić information content (AvgIpc) is 3.10. The van der Waals surface area contributed by atoms with Gasteiger partial charge in [0, 0.05) is 6.07 Å². The van der Waals surface area contributed by atoms with Crippen molar-refractivity contribution < 1.29 is 4.74 Å². The Labute approximate surface area is 90.1 Å². The van der Waals surface area contributed by atoms with Crippen molar-refractivity contribution in [2.24, 2.45) is 5.92 Å². The van der Waals surface area contributed by atoms with E-state index in [1.54, 1.807) is 7.11 Å². The number of hydrogen-bond acceptors (Lipinski definition) is 4. The Morgan fingerprint density at radius 2 is 2.27 bits per heavy atom. The second kappa shape index (κ2) is 4.57. The molecule has 82 valence electrons. The topological polar surface area (TPSA) is 47.0 Å². The molecule has 4 nitrogen and oxygen atoms in total. The van der Waals surface area contributed by atoms with E-state index in [2.05, 4.69) is 22.4 Å². The molecule has 1 aliphatic carbocycles. The monoisotopic (exact) mass is 207 g/mol. The first kappa shape index (κ1) is 10.4. The molecule has 0 amide bonds. The van der Waals surface area contributed by atoms with Crippen molar-refractivity contribution in [3.63, 3.8) is 0 Å². The molecule has 2 rings (SSSR count). The van der Waals surface area contributed by atoms with Gasteiger partial charge >= 0.3 is 0 Å². The summed E-state index contributed by atoms with van der Waals surface area (Å²) in [5, 5.41) is 11.6. The van der Waals surface area contributed by atoms with Gasteiger partial charge in [-0.05, 0) is 31.4 Å². The predicted octanol–water partition coefficient (Wildman–Crippen LogP) is 1.55. The van der Waals surface area contributed by atoms with Crippen LogP contribution in [0.5, 0.6) is 5.88 Å². The average molecular weight is 207 g/mol. The van der Waals surface area contributed by atoms with Crippen molar-refractivity contribution in [1.82, 2.24) is 15.5 Å². The first-order chi connectivity index (χ1) is 7.35. The van der Waals surface area contributed by atoms with Crippen LogP contribution in [0.25, 0.3) is 0 Å². The lowest BCUT2D eigenvalue weighted by atomic mass is 10.1. The van der Waals surface area contributed by atoms with Gasteiger partial charge < -0.3 is 10.1 Å². The van der Waals surface area contributed by atoms with E-state index in [9.17, 15) is 0 Å². The summed E-state index contributed by atoms with van der Waals surface area (Å²) in [5.74, 6) is 1.32. The van der Waals surface area contributed by atoms with E-state index in [1.165, 1.54) is 12.8 Å². The fourth-order valence-electron chi connectivity index (χ4n) is 1.77. The second-order valence-electron chi connectivity index (χ2n) is 3.87. The molecule has 0 aliphatic heterocycles. The summed E-state index contributed by atoms with van der Waals surface area (Å²) in [4.78, 5) is 0. The van der Waals surface area contributed by atoms with Gasteiger partial charge in [-0.25, -0.2) is 0 Å². The molecule has 1 atom stereocenters. The lowest BCUT2D eigenvalue weighted by molar-refractivity contribution is 0.387. The van der Waals surface area contributed by atoms with E-state index in [-0.39, 0.29) is 0 Å². The number of rotatable bonds is 5. The molecule has 1 fully saturated rings. The number of nitrogens with one attached hydrogen (secondary N) is 1. The van der Waals surface area contributed by atoms with Gasteiger partial charge in [0.2, 0.25) is 5.88 Å². The van der Waals surface area contributed by atoms with Crippen LogP contribution in [-0.2, 0) is 0 Å². The number of ether oxygens (including phenoxy) is 1. The molecule has 0 bridgehead atoms. The smallest absolute Gasteiger partial charge is 0.233 e. The van der Waals surface area contributed by atoms with Gasteiger partial charge in [-0.1, -0.05) is 6.92 Å². The van der Waals surface area contributed by atoms with E-state index in [4.69, 9.17) is 4.74 Å². The van der Waals surface area contributed by atoms with E-state index in [0.717, 1.165) is 18.2 Å². The van der Waals surface area contributed by atoms with E-state index in [0.29, 0.717) is 11.9 Å². The van der Waals surface area contributed by atoms with Gasteiger partial charge in [0.1, 0.15) is 0 Å². The number of aromatic nitrogens is 2. The highest BCUT2D eigenvalue weighted by molar-refractivity contribution is 5.16. The molecule has 0 spiro atoms. The summed E-state index contributed by atoms with van der Waals surface area (Å²) in [6.45, 7) is 3.08. The van der Waals surface area contributed by atoms with Crippen LogP contribution < -0.4 is 10.1 Å². The van der Waals surface area contributed by atoms with Crippen molar-refractivity contribution in [3.8, 4) is 5.88 Å². The van der Waals surface area contributed by atoms with Crippen LogP contribution in [0.15, 0.2) is 12.1 Å². The molecule has 1 aliphatic rings. The standard InChI is InChI=1S/C11H17N3O/c1-3-12-11(8-4-5-8)9-6-7-10(15-2)14-13-9/h6-8,11-12H,3-5H2,1-2H3. The van der Waals surface area contributed by atoms with Gasteiger partial charge in [-0.2, -0.15) is 5.10 Å². The maximum Gasteiger partial charge on any atom is 0.233 e. The van der Waals surface area contributed by atoms with Gasteiger partial charge in [-0.15, -0.1) is 5.10 Å². The summed E-state index contributed by atoms with van der Waals surface area (Å²) in [6, 6.07) is 4.24. The number of nitrogens with zero attached hydrogens (tertiary/aromatic N) is 2. The first-order valence-corrected chi connectivity index (χ1v) is 5.46. The minimum absolute atomic E-state index is 0.369. The summed E-state index contributed by atoms with van der Waals surface area (Å²) in [5.41, 5.74) is 1.03. The minimum atomic E-state index is 0.369. The molecule has 1 saturated carbocycles. The molecule has 0 saturated heterocycles. The van der Waals surface area contributed by atoms with Crippen LogP contribution in [0, 0.1) is 5.92 Å². The SMILES string of the molecule is CCNC(c1ccc(OC)nn1)C1CC1. The summed E-state index contributed by atoms with van der Waals surface area (Å²) in [6.07, 6.45) is 2.59. The van der Waals surface area contributed by atoms with E-state index >= 15 is 0 Å². The molecule has 4 heteroatoms. The maximum absolute atomic E-state index is 4.99. The van der Waals surface area contributed by atoms with Crippen molar-refractivity contribution in [1.29, 1.82) is 0 Å². The fourth-order valence-corrected chi connectivity index (χ4v) is 1.77. The Bertz CT molecular complexity index is 308. The zero-order chi connectivity index (χ0) is 10.7. The van der Waals surface area contributed by atoms with Crippen molar-refractivity contribution in [2.75, 3.05) is 13.7 Å². The Kier molecular flexibility index (Phi) is 3.16. The fraction of sp³-hybridized carbons (Fsp3) is 0.636. The molecular weight excluding hydrogens is 190 g/mol. The highest BCUT2D eigenvalue weighted by Gasteiger charge is 2.32. The number of hydrogen-bond donors (Lipinski definition) is 1. The van der Waals surface area contributed by atoms with Crippen molar-refractivity contribution in [3.05, 3.63) is 17.8 Å². The summed E-state index contributed by atoms with van der Waals surface area (Å²) >= 11 is 0. The molecule has 0 radical (unpaired) electrons. The van der Waals surface area contributed by atoms with Crippen LogP contribution >= 0.6 is 0 Å².